The summed E-state index contributed by atoms with van der Waals surface area (Å²) in [6.45, 7) is 0. The molecule has 0 aliphatic heterocycles. The highest BCUT2D eigenvalue weighted by molar-refractivity contribution is 5.85. The Balaban J connectivity index is 0.00000112. The second-order valence-corrected chi connectivity index (χ2v) is 2.71. The van der Waals surface area contributed by atoms with Crippen molar-refractivity contribution in [3.8, 4) is 0 Å². The van der Waals surface area contributed by atoms with E-state index in [1.54, 1.807) is 12.3 Å². The van der Waals surface area contributed by atoms with E-state index in [1.807, 2.05) is 0 Å². The van der Waals surface area contributed by atoms with Gasteiger partial charge in [-0.1, -0.05) is 0 Å². The summed E-state index contributed by atoms with van der Waals surface area (Å²) in [5.74, 6) is -0.576. The van der Waals surface area contributed by atoms with E-state index in [4.69, 9.17) is 0 Å². The van der Waals surface area contributed by atoms with Crippen LogP contribution in [0.25, 0.3) is 0 Å². The second kappa shape index (κ2) is 4.75. The molecule has 0 amide bonds. The smallest absolute Gasteiger partial charge is 0.152 e. The minimum absolute atomic E-state index is 0. The first-order chi connectivity index (χ1) is 6.75. The highest BCUT2D eigenvalue weighted by atomic mass is 35.5. The number of anilines is 2. The fourth-order valence-corrected chi connectivity index (χ4v) is 1.06. The summed E-state index contributed by atoms with van der Waals surface area (Å²) in [6.07, 6.45) is 1.58. The van der Waals surface area contributed by atoms with Crippen LogP contribution in [0, 0.1) is 11.6 Å². The van der Waals surface area contributed by atoms with Gasteiger partial charge in [0.1, 0.15) is 11.6 Å². The van der Waals surface area contributed by atoms with Crippen molar-refractivity contribution in [2.24, 2.45) is 0 Å². The van der Waals surface area contributed by atoms with Crippen molar-refractivity contribution in [3.05, 3.63) is 42.1 Å². The van der Waals surface area contributed by atoms with Crippen molar-refractivity contribution < 1.29 is 8.78 Å². The Labute approximate surface area is 90.9 Å². The number of hydrogen-bond donors (Lipinski definition) is 2. The van der Waals surface area contributed by atoms with Gasteiger partial charge in [0.25, 0.3) is 0 Å². The van der Waals surface area contributed by atoms with Crippen molar-refractivity contribution in [2.75, 3.05) is 5.32 Å². The van der Waals surface area contributed by atoms with Crippen molar-refractivity contribution in [1.82, 2.24) is 10.2 Å². The maximum absolute atomic E-state index is 13.1. The summed E-state index contributed by atoms with van der Waals surface area (Å²) >= 11 is 0. The first-order valence-corrected chi connectivity index (χ1v) is 3.97. The molecule has 6 heteroatoms. The summed E-state index contributed by atoms with van der Waals surface area (Å²) < 4.78 is 25.8. The van der Waals surface area contributed by atoms with Crippen LogP contribution >= 0.6 is 12.4 Å². The molecule has 2 N–H and O–H groups in total. The Bertz CT molecular complexity index is 431. The Morgan fingerprint density at radius 3 is 2.67 bits per heavy atom. The maximum Gasteiger partial charge on any atom is 0.152 e. The van der Waals surface area contributed by atoms with Crippen LogP contribution in [0.5, 0.6) is 0 Å². The zero-order chi connectivity index (χ0) is 9.97. The van der Waals surface area contributed by atoms with Crippen LogP contribution in [0.2, 0.25) is 0 Å². The summed E-state index contributed by atoms with van der Waals surface area (Å²) in [5, 5.41) is 8.95. The molecule has 0 bridgehead atoms. The van der Waals surface area contributed by atoms with Gasteiger partial charge >= 0.3 is 0 Å². The van der Waals surface area contributed by atoms with Gasteiger partial charge in [-0.3, -0.25) is 5.10 Å². The average Bonchev–Trinajstić information content (AvgIpc) is 2.64. The molecule has 0 radical (unpaired) electrons. The lowest BCUT2D eigenvalue weighted by atomic mass is 10.3. The fraction of sp³-hybridized carbons (Fsp3) is 0. The quantitative estimate of drug-likeness (QED) is 0.835. The SMILES string of the molecule is Cl.Fc1ccc(F)c(Nc2cc[nH]n2)c1. The number of halogens is 3. The highest BCUT2D eigenvalue weighted by Crippen LogP contribution is 2.18. The van der Waals surface area contributed by atoms with Crippen LogP contribution in [0.4, 0.5) is 20.3 Å². The molecule has 0 atom stereocenters. The molecule has 2 rings (SSSR count). The van der Waals surface area contributed by atoms with Crippen molar-refractivity contribution in [3.63, 3.8) is 0 Å². The van der Waals surface area contributed by atoms with Crippen molar-refractivity contribution >= 4 is 23.9 Å². The number of aromatic amines is 1. The summed E-state index contributed by atoms with van der Waals surface area (Å²) in [4.78, 5) is 0. The zero-order valence-electron chi connectivity index (χ0n) is 7.50. The van der Waals surface area contributed by atoms with E-state index in [1.165, 1.54) is 0 Å². The Hall–Kier alpha value is -1.62. The number of nitrogens with zero attached hydrogens (tertiary/aromatic N) is 1. The minimum atomic E-state index is -0.519. The van der Waals surface area contributed by atoms with Crippen molar-refractivity contribution in [2.45, 2.75) is 0 Å². The molecule has 3 nitrogen and oxygen atoms in total. The van der Waals surface area contributed by atoms with Crippen LogP contribution in [0.3, 0.4) is 0 Å². The minimum Gasteiger partial charge on any atom is -0.336 e. The van der Waals surface area contributed by atoms with Gasteiger partial charge in [-0.25, -0.2) is 8.78 Å². The second-order valence-electron chi connectivity index (χ2n) is 2.71. The standard InChI is InChI=1S/C9H7F2N3.ClH/c10-6-1-2-7(11)8(5-6)13-9-3-4-12-14-9;/h1-5H,(H2,12,13,14);1H. The van der Waals surface area contributed by atoms with Gasteiger partial charge in [0, 0.05) is 18.3 Å². The van der Waals surface area contributed by atoms with E-state index >= 15 is 0 Å². The molecule has 0 aliphatic carbocycles. The lowest BCUT2D eigenvalue weighted by Crippen LogP contribution is -1.94. The third-order valence-corrected chi connectivity index (χ3v) is 1.69. The molecule has 0 unspecified atom stereocenters. The van der Waals surface area contributed by atoms with Gasteiger partial charge in [-0.2, -0.15) is 5.10 Å². The predicted molar refractivity (Wildman–Crippen MR) is 55.5 cm³/mol. The highest BCUT2D eigenvalue weighted by Gasteiger charge is 2.04. The van der Waals surface area contributed by atoms with Crippen LogP contribution in [0.15, 0.2) is 30.5 Å². The molecular formula is C9H8ClF2N3. The van der Waals surface area contributed by atoms with Gasteiger partial charge in [-0.15, -0.1) is 12.4 Å². The Morgan fingerprint density at radius 1 is 1.20 bits per heavy atom. The molecule has 15 heavy (non-hydrogen) atoms. The molecule has 0 spiro atoms. The number of H-pyrrole nitrogens is 1. The zero-order valence-corrected chi connectivity index (χ0v) is 8.31. The largest absolute Gasteiger partial charge is 0.336 e. The summed E-state index contributed by atoms with van der Waals surface area (Å²) in [5.41, 5.74) is 0.0668. The Morgan fingerprint density at radius 2 is 2.00 bits per heavy atom. The summed E-state index contributed by atoms with van der Waals surface area (Å²) in [6, 6.07) is 4.81. The van der Waals surface area contributed by atoms with Gasteiger partial charge in [-0.05, 0) is 12.1 Å². The lowest BCUT2D eigenvalue weighted by Gasteiger charge is -2.03. The van der Waals surface area contributed by atoms with Gasteiger partial charge in [0.15, 0.2) is 5.82 Å². The van der Waals surface area contributed by atoms with E-state index in [-0.39, 0.29) is 18.1 Å². The van der Waals surface area contributed by atoms with Gasteiger partial charge < -0.3 is 5.32 Å². The number of benzene rings is 1. The van der Waals surface area contributed by atoms with E-state index in [0.29, 0.717) is 5.82 Å². The average molecular weight is 232 g/mol. The molecular weight excluding hydrogens is 224 g/mol. The van der Waals surface area contributed by atoms with Crippen LogP contribution in [0.1, 0.15) is 0 Å². The lowest BCUT2D eigenvalue weighted by molar-refractivity contribution is 0.603. The molecule has 0 fully saturated rings. The number of nitrogens with one attached hydrogen (secondary N) is 2. The molecule has 1 aromatic heterocycles. The van der Waals surface area contributed by atoms with Crippen LogP contribution in [-0.4, -0.2) is 10.2 Å². The first kappa shape index (κ1) is 11.5. The monoisotopic (exact) mass is 231 g/mol. The van der Waals surface area contributed by atoms with E-state index in [2.05, 4.69) is 15.5 Å². The van der Waals surface area contributed by atoms with E-state index in [0.717, 1.165) is 18.2 Å². The fourth-order valence-electron chi connectivity index (χ4n) is 1.06. The molecule has 0 saturated carbocycles. The normalized spacial score (nSPS) is 9.47. The number of hydrogen-bond acceptors (Lipinski definition) is 2. The topological polar surface area (TPSA) is 40.7 Å². The third kappa shape index (κ3) is 2.66. The molecule has 80 valence electrons. The Kier molecular flexibility index (Phi) is 3.62. The number of aromatic nitrogens is 2. The number of rotatable bonds is 2. The summed E-state index contributed by atoms with van der Waals surface area (Å²) in [7, 11) is 0. The van der Waals surface area contributed by atoms with Crippen LogP contribution < -0.4 is 5.32 Å². The van der Waals surface area contributed by atoms with Gasteiger partial charge in [0.2, 0.25) is 0 Å². The maximum atomic E-state index is 13.1. The van der Waals surface area contributed by atoms with E-state index in [9.17, 15) is 8.78 Å². The molecule has 1 heterocycles. The van der Waals surface area contributed by atoms with Gasteiger partial charge in [0.05, 0.1) is 5.69 Å². The molecule has 2 aromatic rings. The van der Waals surface area contributed by atoms with Crippen molar-refractivity contribution in [1.29, 1.82) is 0 Å². The first-order valence-electron chi connectivity index (χ1n) is 3.97. The predicted octanol–water partition coefficient (Wildman–Crippen LogP) is 2.85. The molecule has 0 aliphatic rings. The third-order valence-electron chi connectivity index (χ3n) is 1.69. The van der Waals surface area contributed by atoms with E-state index < -0.39 is 11.6 Å². The molecule has 0 saturated heterocycles. The van der Waals surface area contributed by atoms with Crippen LogP contribution in [-0.2, 0) is 0 Å². The molecule has 1 aromatic carbocycles.